The molecule has 7 heteroatoms. The van der Waals surface area contributed by atoms with Crippen LogP contribution < -0.4 is 4.90 Å². The van der Waals surface area contributed by atoms with Gasteiger partial charge in [0.05, 0.1) is 17.8 Å². The molecule has 0 bridgehead atoms. The minimum Gasteiger partial charge on any atom is -0.324 e. The number of amides is 2. The molecule has 2 heterocycles. The summed E-state index contributed by atoms with van der Waals surface area (Å²) < 4.78 is 1.60. The van der Waals surface area contributed by atoms with Gasteiger partial charge in [0.1, 0.15) is 6.54 Å². The summed E-state index contributed by atoms with van der Waals surface area (Å²) in [5.74, 6) is -0.222. The third-order valence-corrected chi connectivity index (χ3v) is 4.93. The summed E-state index contributed by atoms with van der Waals surface area (Å²) in [5.41, 5.74) is 1.33. The van der Waals surface area contributed by atoms with E-state index in [0.29, 0.717) is 17.1 Å². The third kappa shape index (κ3) is 3.90. The number of anilines is 1. The lowest BCUT2D eigenvalue weighted by atomic mass is 10.0. The molecule has 3 rings (SSSR count). The molecule has 138 valence electrons. The molecule has 1 aliphatic heterocycles. The molecule has 1 fully saturated rings. The van der Waals surface area contributed by atoms with Gasteiger partial charge in [-0.25, -0.2) is 0 Å². The van der Waals surface area contributed by atoms with E-state index in [1.807, 2.05) is 12.1 Å². The van der Waals surface area contributed by atoms with Crippen LogP contribution in [-0.2, 0) is 11.8 Å². The van der Waals surface area contributed by atoms with Crippen molar-refractivity contribution in [2.45, 2.75) is 32.2 Å². The summed E-state index contributed by atoms with van der Waals surface area (Å²) in [6.45, 7) is 2.69. The first-order chi connectivity index (χ1) is 12.5. The second-order valence-electron chi connectivity index (χ2n) is 6.61. The first-order valence-electron chi connectivity index (χ1n) is 8.85. The first kappa shape index (κ1) is 18.5. The van der Waals surface area contributed by atoms with E-state index in [1.165, 1.54) is 0 Å². The van der Waals surface area contributed by atoms with Crippen molar-refractivity contribution in [3.05, 3.63) is 47.2 Å². The van der Waals surface area contributed by atoms with Crippen molar-refractivity contribution in [3.63, 3.8) is 0 Å². The minimum atomic E-state index is -0.136. The monoisotopic (exact) mass is 374 g/mol. The lowest BCUT2D eigenvalue weighted by Crippen LogP contribution is -2.58. The maximum Gasteiger partial charge on any atom is 0.257 e. The van der Waals surface area contributed by atoms with Gasteiger partial charge in [-0.3, -0.25) is 14.3 Å². The molecule has 0 spiro atoms. The molecule has 0 unspecified atom stereocenters. The average Bonchev–Trinajstić information content (AvgIpc) is 3.07. The van der Waals surface area contributed by atoms with Gasteiger partial charge in [-0.2, -0.15) is 5.10 Å². The number of aromatic nitrogens is 2. The van der Waals surface area contributed by atoms with E-state index in [0.717, 1.165) is 24.9 Å². The average molecular weight is 375 g/mol. The molecular formula is C19H23ClN4O2. The topological polar surface area (TPSA) is 58.4 Å². The Kier molecular flexibility index (Phi) is 5.61. The van der Waals surface area contributed by atoms with E-state index in [9.17, 15) is 9.59 Å². The maximum atomic E-state index is 12.9. The number of piperazine rings is 1. The zero-order chi connectivity index (χ0) is 18.7. The molecule has 2 amide bonds. The van der Waals surface area contributed by atoms with Crippen molar-refractivity contribution in [2.24, 2.45) is 7.05 Å². The molecule has 0 saturated carbocycles. The van der Waals surface area contributed by atoms with E-state index in [1.54, 1.807) is 46.1 Å². The van der Waals surface area contributed by atoms with Crippen molar-refractivity contribution in [3.8, 4) is 0 Å². The Hall–Kier alpha value is -2.34. The summed E-state index contributed by atoms with van der Waals surface area (Å²) in [6, 6.07) is 7.22. The first-order valence-corrected chi connectivity index (χ1v) is 9.23. The fourth-order valence-corrected chi connectivity index (χ4v) is 3.39. The van der Waals surface area contributed by atoms with Gasteiger partial charge >= 0.3 is 0 Å². The molecule has 6 nitrogen and oxygen atoms in total. The number of nitrogens with zero attached hydrogens (tertiary/aromatic N) is 4. The van der Waals surface area contributed by atoms with E-state index in [-0.39, 0.29) is 24.4 Å². The SMILES string of the molecule is CCCC[C@H]1CN(c2ccc(Cl)cc2)C(=O)CN1C(=O)c1cnn(C)c1. The Morgan fingerprint density at radius 1 is 1.31 bits per heavy atom. The number of benzene rings is 1. The molecule has 0 N–H and O–H groups in total. The number of aryl methyl sites for hydroxylation is 1. The van der Waals surface area contributed by atoms with E-state index < -0.39 is 0 Å². The predicted molar refractivity (Wildman–Crippen MR) is 101 cm³/mol. The zero-order valence-electron chi connectivity index (χ0n) is 15.1. The van der Waals surface area contributed by atoms with Crippen molar-refractivity contribution in [2.75, 3.05) is 18.0 Å². The molecule has 0 aliphatic carbocycles. The molecule has 26 heavy (non-hydrogen) atoms. The second kappa shape index (κ2) is 7.91. The summed E-state index contributed by atoms with van der Waals surface area (Å²) >= 11 is 5.95. The Morgan fingerprint density at radius 2 is 2.04 bits per heavy atom. The standard InChI is InChI=1S/C19H23ClN4O2/c1-3-4-5-17-12-23(16-8-6-15(20)7-9-16)18(25)13-24(17)19(26)14-10-21-22(2)11-14/h6-11,17H,3-5,12-13H2,1-2H3/t17-/m0/s1. The Balaban J connectivity index is 1.83. The molecule has 1 atom stereocenters. The lowest BCUT2D eigenvalue weighted by Gasteiger charge is -2.41. The molecule has 1 saturated heterocycles. The van der Waals surface area contributed by atoms with Gasteiger partial charge < -0.3 is 9.80 Å². The summed E-state index contributed by atoms with van der Waals surface area (Å²) in [5, 5.41) is 4.70. The van der Waals surface area contributed by atoms with E-state index in [2.05, 4.69) is 12.0 Å². The fourth-order valence-electron chi connectivity index (χ4n) is 3.26. The van der Waals surface area contributed by atoms with Crippen LogP contribution in [0.4, 0.5) is 5.69 Å². The van der Waals surface area contributed by atoms with Crippen LogP contribution in [0.25, 0.3) is 0 Å². The lowest BCUT2D eigenvalue weighted by molar-refractivity contribution is -0.121. The van der Waals surface area contributed by atoms with Crippen LogP contribution in [0.15, 0.2) is 36.7 Å². The van der Waals surface area contributed by atoms with E-state index >= 15 is 0 Å². The van der Waals surface area contributed by atoms with Crippen LogP contribution in [0, 0.1) is 0 Å². The number of unbranched alkanes of at least 4 members (excludes halogenated alkanes) is 1. The van der Waals surface area contributed by atoms with Crippen LogP contribution >= 0.6 is 11.6 Å². The van der Waals surface area contributed by atoms with Gasteiger partial charge in [0.25, 0.3) is 5.91 Å². The number of halogens is 1. The summed E-state index contributed by atoms with van der Waals surface area (Å²) in [7, 11) is 1.77. The molecule has 1 aromatic carbocycles. The quantitative estimate of drug-likeness (QED) is 0.807. The molecule has 0 radical (unpaired) electrons. The second-order valence-corrected chi connectivity index (χ2v) is 7.05. The Labute approximate surface area is 158 Å². The van der Waals surface area contributed by atoms with Crippen molar-refractivity contribution in [1.82, 2.24) is 14.7 Å². The number of hydrogen-bond donors (Lipinski definition) is 0. The van der Waals surface area contributed by atoms with Gasteiger partial charge in [0, 0.05) is 30.5 Å². The highest BCUT2D eigenvalue weighted by molar-refractivity contribution is 6.30. The highest BCUT2D eigenvalue weighted by Crippen LogP contribution is 2.25. The summed E-state index contributed by atoms with van der Waals surface area (Å²) in [6.07, 6.45) is 6.15. The van der Waals surface area contributed by atoms with Crippen molar-refractivity contribution >= 4 is 29.1 Å². The van der Waals surface area contributed by atoms with Gasteiger partial charge in [0.2, 0.25) is 5.91 Å². The van der Waals surface area contributed by atoms with Crippen LogP contribution in [-0.4, -0.2) is 45.6 Å². The maximum absolute atomic E-state index is 12.9. The van der Waals surface area contributed by atoms with Crippen LogP contribution in [0.2, 0.25) is 5.02 Å². The van der Waals surface area contributed by atoms with Crippen molar-refractivity contribution in [1.29, 1.82) is 0 Å². The van der Waals surface area contributed by atoms with Crippen LogP contribution in [0.5, 0.6) is 0 Å². The Morgan fingerprint density at radius 3 is 2.65 bits per heavy atom. The number of rotatable bonds is 5. The van der Waals surface area contributed by atoms with Gasteiger partial charge in [0.15, 0.2) is 0 Å². The largest absolute Gasteiger partial charge is 0.324 e. The highest BCUT2D eigenvalue weighted by Gasteiger charge is 2.36. The minimum absolute atomic E-state index is 0.0176. The van der Waals surface area contributed by atoms with Crippen molar-refractivity contribution < 1.29 is 9.59 Å². The van der Waals surface area contributed by atoms with Gasteiger partial charge in [-0.15, -0.1) is 0 Å². The number of carbonyl (C=O) groups excluding carboxylic acids is 2. The highest BCUT2D eigenvalue weighted by atomic mass is 35.5. The predicted octanol–water partition coefficient (Wildman–Crippen LogP) is 3.12. The number of carbonyl (C=O) groups is 2. The summed E-state index contributed by atoms with van der Waals surface area (Å²) in [4.78, 5) is 29.1. The molecule has 1 aliphatic rings. The molecule has 2 aromatic rings. The number of hydrogen-bond acceptors (Lipinski definition) is 3. The van der Waals surface area contributed by atoms with E-state index in [4.69, 9.17) is 11.6 Å². The zero-order valence-corrected chi connectivity index (χ0v) is 15.8. The van der Waals surface area contributed by atoms with Crippen LogP contribution in [0.3, 0.4) is 0 Å². The Bertz CT molecular complexity index is 787. The van der Waals surface area contributed by atoms with Crippen LogP contribution in [0.1, 0.15) is 36.5 Å². The van der Waals surface area contributed by atoms with Gasteiger partial charge in [-0.1, -0.05) is 31.4 Å². The fraction of sp³-hybridized carbons (Fsp3) is 0.421. The smallest absolute Gasteiger partial charge is 0.257 e. The molecular weight excluding hydrogens is 352 g/mol. The normalized spacial score (nSPS) is 17.7. The molecule has 1 aromatic heterocycles. The third-order valence-electron chi connectivity index (χ3n) is 4.68. The van der Waals surface area contributed by atoms with Gasteiger partial charge in [-0.05, 0) is 30.7 Å².